The van der Waals surface area contributed by atoms with Gasteiger partial charge < -0.3 is 9.47 Å². The number of esters is 2. The number of hydrogen-bond acceptors (Lipinski definition) is 5. The third-order valence-electron chi connectivity index (χ3n) is 10.5. The largest absolute Gasteiger partial charge is 0.469 e. The summed E-state index contributed by atoms with van der Waals surface area (Å²) in [6.45, 7) is 8.63. The van der Waals surface area contributed by atoms with E-state index in [1.54, 1.807) is 0 Å². The third kappa shape index (κ3) is 3.92. The van der Waals surface area contributed by atoms with Gasteiger partial charge in [-0.3, -0.25) is 14.4 Å². The van der Waals surface area contributed by atoms with Gasteiger partial charge in [-0.15, -0.1) is 0 Å². The second-order valence-electron chi connectivity index (χ2n) is 11.9. The lowest BCUT2D eigenvalue weighted by atomic mass is 9.44. The number of Topliss-reactive ketones (excluding diaryl/α,β-unsaturated/α-hetero) is 1. The first-order valence-corrected chi connectivity index (χ1v) is 12.9. The van der Waals surface area contributed by atoms with Gasteiger partial charge in [-0.2, -0.15) is 0 Å². The fourth-order valence-electron chi connectivity index (χ4n) is 8.97. The van der Waals surface area contributed by atoms with Crippen LogP contribution in [0.5, 0.6) is 0 Å². The quantitative estimate of drug-likeness (QED) is 0.533. The number of rotatable bonds is 5. The second-order valence-corrected chi connectivity index (χ2v) is 11.9. The average molecular weight is 447 g/mol. The van der Waals surface area contributed by atoms with E-state index >= 15 is 0 Å². The first-order valence-electron chi connectivity index (χ1n) is 12.9. The number of carbonyl (C=O) groups is 3. The molecule has 0 heterocycles. The summed E-state index contributed by atoms with van der Waals surface area (Å²) in [5, 5.41) is 0. The van der Waals surface area contributed by atoms with Crippen molar-refractivity contribution in [3.63, 3.8) is 0 Å². The molecule has 0 amide bonds. The molecule has 4 fully saturated rings. The Kier molecular flexibility index (Phi) is 6.50. The predicted octanol–water partition coefficient (Wildman–Crippen LogP) is 5.35. The standard InChI is InChI=1S/C27H42O5/c1-16(6-9-25(30)31-5)20-7-8-21-19-15-24(29)23-14-18(32-17(2)28)10-12-27(23,4)22(19)11-13-26(20,21)3/h16,18-23H,6-15H2,1-5H3/t16-,18-,19+,20-,21+,22+,23+,26-,27-/m1/s1. The van der Waals surface area contributed by atoms with E-state index in [4.69, 9.17) is 9.47 Å². The average Bonchev–Trinajstić information content (AvgIpc) is 3.10. The Morgan fingerprint density at radius 3 is 2.44 bits per heavy atom. The number of carbonyl (C=O) groups excluding carboxylic acids is 3. The van der Waals surface area contributed by atoms with Gasteiger partial charge in [0.1, 0.15) is 11.9 Å². The van der Waals surface area contributed by atoms with Crippen molar-refractivity contribution in [3.05, 3.63) is 0 Å². The summed E-state index contributed by atoms with van der Waals surface area (Å²) in [5.74, 6) is 2.95. The molecular formula is C27H42O5. The zero-order chi connectivity index (χ0) is 23.3. The van der Waals surface area contributed by atoms with E-state index < -0.39 is 0 Å². The summed E-state index contributed by atoms with van der Waals surface area (Å²) < 4.78 is 10.4. The maximum atomic E-state index is 13.4. The molecule has 32 heavy (non-hydrogen) atoms. The Balaban J connectivity index is 1.50. The van der Waals surface area contributed by atoms with Crippen molar-refractivity contribution < 1.29 is 23.9 Å². The zero-order valence-corrected chi connectivity index (χ0v) is 20.7. The maximum absolute atomic E-state index is 13.4. The second kappa shape index (κ2) is 8.76. The van der Waals surface area contributed by atoms with Crippen LogP contribution >= 0.6 is 0 Å². The molecule has 4 aliphatic rings. The van der Waals surface area contributed by atoms with Crippen LogP contribution in [0.3, 0.4) is 0 Å². The molecule has 0 aromatic rings. The highest BCUT2D eigenvalue weighted by Gasteiger charge is 2.62. The molecule has 4 aliphatic carbocycles. The van der Waals surface area contributed by atoms with E-state index in [0.29, 0.717) is 54.6 Å². The summed E-state index contributed by atoms with van der Waals surface area (Å²) in [5.41, 5.74) is 0.321. The van der Waals surface area contributed by atoms with E-state index in [0.717, 1.165) is 19.3 Å². The van der Waals surface area contributed by atoms with Gasteiger partial charge in [-0.1, -0.05) is 20.8 Å². The highest BCUT2D eigenvalue weighted by Crippen LogP contribution is 2.67. The number of hydrogen-bond donors (Lipinski definition) is 0. The number of fused-ring (bicyclic) bond motifs is 5. The molecule has 5 nitrogen and oxygen atoms in total. The number of ether oxygens (including phenoxy) is 2. The zero-order valence-electron chi connectivity index (χ0n) is 20.7. The molecule has 0 unspecified atom stereocenters. The molecule has 4 rings (SSSR count). The van der Waals surface area contributed by atoms with E-state index in [1.165, 1.54) is 39.7 Å². The Morgan fingerprint density at radius 2 is 1.75 bits per heavy atom. The molecule has 0 aromatic carbocycles. The molecule has 0 N–H and O–H groups in total. The van der Waals surface area contributed by atoms with Crippen LogP contribution in [-0.2, 0) is 23.9 Å². The number of methoxy groups -OCH3 is 1. The molecule has 0 radical (unpaired) electrons. The molecule has 0 bridgehead atoms. The molecule has 0 aromatic heterocycles. The molecule has 9 atom stereocenters. The predicted molar refractivity (Wildman–Crippen MR) is 122 cm³/mol. The molecular weight excluding hydrogens is 404 g/mol. The Labute approximate surface area is 193 Å². The fourth-order valence-corrected chi connectivity index (χ4v) is 8.97. The molecule has 5 heteroatoms. The summed E-state index contributed by atoms with van der Waals surface area (Å²) in [6.07, 6.45) is 9.48. The van der Waals surface area contributed by atoms with Gasteiger partial charge in [0.05, 0.1) is 7.11 Å². The topological polar surface area (TPSA) is 69.7 Å². The summed E-state index contributed by atoms with van der Waals surface area (Å²) in [6, 6.07) is 0. The van der Waals surface area contributed by atoms with Gasteiger partial charge in [0.2, 0.25) is 0 Å². The summed E-state index contributed by atoms with van der Waals surface area (Å²) in [7, 11) is 1.47. The van der Waals surface area contributed by atoms with Crippen molar-refractivity contribution in [1.82, 2.24) is 0 Å². The lowest BCUT2D eigenvalue weighted by Crippen LogP contribution is -2.57. The molecule has 180 valence electrons. The molecule has 0 saturated heterocycles. The summed E-state index contributed by atoms with van der Waals surface area (Å²) >= 11 is 0. The lowest BCUT2D eigenvalue weighted by molar-refractivity contribution is -0.169. The van der Waals surface area contributed by atoms with Crippen molar-refractivity contribution in [3.8, 4) is 0 Å². The van der Waals surface area contributed by atoms with Crippen LogP contribution in [-0.4, -0.2) is 30.9 Å². The van der Waals surface area contributed by atoms with Crippen molar-refractivity contribution in [2.75, 3.05) is 7.11 Å². The van der Waals surface area contributed by atoms with Gasteiger partial charge in [0.15, 0.2) is 0 Å². The minimum atomic E-state index is -0.230. The van der Waals surface area contributed by atoms with Crippen molar-refractivity contribution in [2.45, 2.75) is 98.0 Å². The monoisotopic (exact) mass is 446 g/mol. The normalized spacial score (nSPS) is 44.1. The van der Waals surface area contributed by atoms with Crippen LogP contribution in [0.25, 0.3) is 0 Å². The van der Waals surface area contributed by atoms with E-state index in [2.05, 4.69) is 20.8 Å². The minimum Gasteiger partial charge on any atom is -0.469 e. The first-order chi connectivity index (χ1) is 15.1. The SMILES string of the molecule is COC(=O)CC[C@@H](C)[C@H]1CC[C@H]2[C@@H]3CC(=O)[C@@H]4C[C@H](OC(C)=O)CC[C@]4(C)[C@H]3CC[C@]12C. The Morgan fingerprint density at radius 1 is 1.06 bits per heavy atom. The van der Waals surface area contributed by atoms with Crippen molar-refractivity contribution >= 4 is 17.7 Å². The van der Waals surface area contributed by atoms with Gasteiger partial charge in [-0.05, 0) is 91.8 Å². The van der Waals surface area contributed by atoms with Crippen LogP contribution in [0.4, 0.5) is 0 Å². The molecule has 0 spiro atoms. The molecule has 0 aliphatic heterocycles. The smallest absolute Gasteiger partial charge is 0.305 e. The van der Waals surface area contributed by atoms with Gasteiger partial charge >= 0.3 is 11.9 Å². The van der Waals surface area contributed by atoms with Crippen LogP contribution in [0.15, 0.2) is 0 Å². The van der Waals surface area contributed by atoms with Gasteiger partial charge in [-0.25, -0.2) is 0 Å². The van der Waals surface area contributed by atoms with Crippen molar-refractivity contribution in [2.24, 2.45) is 46.3 Å². The van der Waals surface area contributed by atoms with Crippen LogP contribution in [0.2, 0.25) is 0 Å². The number of ketones is 1. The van der Waals surface area contributed by atoms with E-state index in [9.17, 15) is 14.4 Å². The van der Waals surface area contributed by atoms with E-state index in [1.807, 2.05) is 0 Å². The first kappa shape index (κ1) is 23.8. The maximum Gasteiger partial charge on any atom is 0.305 e. The van der Waals surface area contributed by atoms with Crippen molar-refractivity contribution in [1.29, 1.82) is 0 Å². The minimum absolute atomic E-state index is 0.0439. The highest BCUT2D eigenvalue weighted by molar-refractivity contribution is 5.83. The highest BCUT2D eigenvalue weighted by atomic mass is 16.5. The fraction of sp³-hybridized carbons (Fsp3) is 0.889. The van der Waals surface area contributed by atoms with Crippen LogP contribution < -0.4 is 0 Å². The van der Waals surface area contributed by atoms with Crippen LogP contribution in [0.1, 0.15) is 91.9 Å². The summed E-state index contributed by atoms with van der Waals surface area (Å²) in [4.78, 5) is 36.6. The van der Waals surface area contributed by atoms with Gasteiger partial charge in [0, 0.05) is 25.7 Å². The lowest BCUT2D eigenvalue weighted by Gasteiger charge is -2.60. The third-order valence-corrected chi connectivity index (χ3v) is 10.5. The van der Waals surface area contributed by atoms with E-state index in [-0.39, 0.29) is 34.8 Å². The van der Waals surface area contributed by atoms with Crippen LogP contribution in [0, 0.1) is 46.3 Å². The Hall–Kier alpha value is -1.39. The Bertz CT molecular complexity index is 761. The molecule has 4 saturated carbocycles. The van der Waals surface area contributed by atoms with Gasteiger partial charge in [0.25, 0.3) is 0 Å².